The maximum absolute atomic E-state index is 12.8. The normalized spacial score (nSPS) is 13.0. The molecule has 160 valence electrons. The third-order valence-corrected chi connectivity index (χ3v) is 5.27. The lowest BCUT2D eigenvalue weighted by atomic mass is 10.1. The number of rotatable bonds is 8. The fourth-order valence-electron chi connectivity index (χ4n) is 3.19. The van der Waals surface area contributed by atoms with Crippen LogP contribution in [0.1, 0.15) is 56.1 Å². The molecule has 1 saturated carbocycles. The Balaban J connectivity index is 1.36. The third-order valence-electron chi connectivity index (χ3n) is 5.27. The van der Waals surface area contributed by atoms with Crippen molar-refractivity contribution in [3.8, 4) is 5.75 Å². The maximum Gasteiger partial charge on any atom is 0.255 e. The number of amides is 2. The van der Waals surface area contributed by atoms with Gasteiger partial charge in [-0.25, -0.2) is 0 Å². The molecule has 0 bridgehead atoms. The van der Waals surface area contributed by atoms with E-state index >= 15 is 0 Å². The van der Waals surface area contributed by atoms with Crippen molar-refractivity contribution in [3.05, 3.63) is 82.2 Å². The van der Waals surface area contributed by atoms with Gasteiger partial charge in [0.1, 0.15) is 18.1 Å². The van der Waals surface area contributed by atoms with Crippen LogP contribution in [0, 0.1) is 13.8 Å². The molecule has 0 saturated heterocycles. The van der Waals surface area contributed by atoms with Gasteiger partial charge in [0.05, 0.1) is 16.8 Å². The molecule has 31 heavy (non-hydrogen) atoms. The molecule has 0 atom stereocenters. The Hall–Kier alpha value is -3.61. The number of para-hydroxylation sites is 1. The number of aromatic nitrogens is 1. The van der Waals surface area contributed by atoms with E-state index in [1.165, 1.54) is 0 Å². The summed E-state index contributed by atoms with van der Waals surface area (Å²) >= 11 is 0. The van der Waals surface area contributed by atoms with E-state index in [4.69, 9.17) is 9.26 Å². The van der Waals surface area contributed by atoms with E-state index in [0.29, 0.717) is 35.2 Å². The number of carbonyl (C=O) groups is 2. The molecule has 1 aromatic heterocycles. The summed E-state index contributed by atoms with van der Waals surface area (Å²) in [4.78, 5) is 24.8. The molecule has 0 aliphatic heterocycles. The first kappa shape index (κ1) is 20.7. The second kappa shape index (κ2) is 9.04. The first-order chi connectivity index (χ1) is 15.0. The number of aryl methyl sites for hydroxylation is 2. The molecule has 1 fully saturated rings. The average molecular weight is 419 g/mol. The highest BCUT2D eigenvalue weighted by Gasteiger charge is 2.23. The minimum Gasteiger partial charge on any atom is -0.488 e. The second-order valence-electron chi connectivity index (χ2n) is 7.71. The van der Waals surface area contributed by atoms with Gasteiger partial charge < -0.3 is 19.9 Å². The molecule has 0 spiro atoms. The van der Waals surface area contributed by atoms with Crippen LogP contribution >= 0.6 is 0 Å². The van der Waals surface area contributed by atoms with Crippen LogP contribution in [0.2, 0.25) is 0 Å². The zero-order chi connectivity index (χ0) is 21.8. The van der Waals surface area contributed by atoms with Crippen LogP contribution in [0.3, 0.4) is 0 Å². The maximum atomic E-state index is 12.8. The lowest BCUT2D eigenvalue weighted by molar-refractivity contribution is 0.0939. The minimum absolute atomic E-state index is 0.0533. The number of ether oxygens (including phenoxy) is 1. The van der Waals surface area contributed by atoms with Gasteiger partial charge in [0.2, 0.25) is 0 Å². The van der Waals surface area contributed by atoms with Crippen molar-refractivity contribution >= 4 is 11.8 Å². The van der Waals surface area contributed by atoms with Crippen molar-refractivity contribution in [1.82, 2.24) is 15.8 Å². The standard InChI is InChI=1S/C24H25N3O4/c1-15-21(16(2)31-27-15)14-30-22-6-4-3-5-20(22)24(29)25-13-17-7-9-18(10-8-17)23(28)26-19-11-12-19/h3-10,19H,11-14H2,1-2H3,(H,25,29)(H,26,28). The molecule has 2 aromatic carbocycles. The van der Waals surface area contributed by atoms with Crippen molar-refractivity contribution in [3.63, 3.8) is 0 Å². The molecule has 7 heteroatoms. The van der Waals surface area contributed by atoms with E-state index < -0.39 is 0 Å². The Morgan fingerprint density at radius 2 is 1.81 bits per heavy atom. The number of hydrogen-bond acceptors (Lipinski definition) is 5. The fraction of sp³-hybridized carbons (Fsp3) is 0.292. The summed E-state index contributed by atoms with van der Waals surface area (Å²) in [6.45, 7) is 4.31. The summed E-state index contributed by atoms with van der Waals surface area (Å²) < 4.78 is 11.0. The van der Waals surface area contributed by atoms with E-state index in [9.17, 15) is 9.59 Å². The van der Waals surface area contributed by atoms with Crippen LogP contribution in [0.15, 0.2) is 53.1 Å². The van der Waals surface area contributed by atoms with E-state index in [-0.39, 0.29) is 18.4 Å². The highest BCUT2D eigenvalue weighted by molar-refractivity contribution is 5.97. The van der Waals surface area contributed by atoms with Gasteiger partial charge in [-0.2, -0.15) is 0 Å². The first-order valence-corrected chi connectivity index (χ1v) is 10.3. The average Bonchev–Trinajstić information content (AvgIpc) is 3.54. The Labute approximate surface area is 180 Å². The number of carbonyl (C=O) groups excluding carboxylic acids is 2. The molecule has 3 aromatic rings. The summed E-state index contributed by atoms with van der Waals surface area (Å²) in [7, 11) is 0. The van der Waals surface area contributed by atoms with E-state index in [2.05, 4.69) is 15.8 Å². The zero-order valence-electron chi connectivity index (χ0n) is 17.6. The second-order valence-corrected chi connectivity index (χ2v) is 7.71. The lowest BCUT2D eigenvalue weighted by Crippen LogP contribution is -2.25. The smallest absolute Gasteiger partial charge is 0.255 e. The zero-order valence-corrected chi connectivity index (χ0v) is 17.6. The van der Waals surface area contributed by atoms with Gasteiger partial charge >= 0.3 is 0 Å². The quantitative estimate of drug-likeness (QED) is 0.581. The number of nitrogens with zero attached hydrogens (tertiary/aromatic N) is 1. The van der Waals surface area contributed by atoms with E-state index in [0.717, 1.165) is 29.7 Å². The Bertz CT molecular complexity index is 1060. The Morgan fingerprint density at radius 1 is 1.06 bits per heavy atom. The molecule has 1 aliphatic carbocycles. The first-order valence-electron chi connectivity index (χ1n) is 10.3. The van der Waals surface area contributed by atoms with Crippen LogP contribution in [0.25, 0.3) is 0 Å². The molecule has 2 N–H and O–H groups in total. The molecule has 2 amide bonds. The predicted octanol–water partition coefficient (Wildman–Crippen LogP) is 3.69. The molecular formula is C24H25N3O4. The monoisotopic (exact) mass is 419 g/mol. The summed E-state index contributed by atoms with van der Waals surface area (Å²) in [5.41, 5.74) is 3.63. The summed E-state index contributed by atoms with van der Waals surface area (Å²) in [5, 5.41) is 9.80. The topological polar surface area (TPSA) is 93.5 Å². The van der Waals surface area contributed by atoms with Crippen molar-refractivity contribution in [1.29, 1.82) is 0 Å². The van der Waals surface area contributed by atoms with Crippen LogP contribution in [-0.2, 0) is 13.2 Å². The van der Waals surface area contributed by atoms with Crippen molar-refractivity contribution < 1.29 is 18.8 Å². The van der Waals surface area contributed by atoms with Gasteiger partial charge in [-0.3, -0.25) is 9.59 Å². The number of nitrogens with one attached hydrogen (secondary N) is 2. The highest BCUT2D eigenvalue weighted by Crippen LogP contribution is 2.22. The minimum atomic E-state index is -0.232. The van der Waals surface area contributed by atoms with E-state index in [1.807, 2.05) is 32.0 Å². The van der Waals surface area contributed by atoms with Crippen LogP contribution < -0.4 is 15.4 Å². The molecule has 0 unspecified atom stereocenters. The lowest BCUT2D eigenvalue weighted by Gasteiger charge is -2.12. The molecule has 1 heterocycles. The van der Waals surface area contributed by atoms with Gasteiger partial charge in [0.15, 0.2) is 0 Å². The third kappa shape index (κ3) is 5.12. The Morgan fingerprint density at radius 3 is 2.48 bits per heavy atom. The molecular weight excluding hydrogens is 394 g/mol. The number of benzene rings is 2. The molecule has 7 nitrogen and oxygen atoms in total. The van der Waals surface area contributed by atoms with Gasteiger partial charge in [-0.05, 0) is 56.5 Å². The SMILES string of the molecule is Cc1noc(C)c1COc1ccccc1C(=O)NCc1ccc(C(=O)NC2CC2)cc1. The van der Waals surface area contributed by atoms with Crippen LogP contribution in [0.4, 0.5) is 0 Å². The van der Waals surface area contributed by atoms with Crippen molar-refractivity contribution in [2.75, 3.05) is 0 Å². The van der Waals surface area contributed by atoms with E-state index in [1.54, 1.807) is 30.3 Å². The van der Waals surface area contributed by atoms with Gasteiger partial charge in [-0.15, -0.1) is 0 Å². The predicted molar refractivity (Wildman–Crippen MR) is 115 cm³/mol. The Kier molecular flexibility index (Phi) is 6.02. The van der Waals surface area contributed by atoms with Crippen molar-refractivity contribution in [2.45, 2.75) is 45.9 Å². The summed E-state index contributed by atoms with van der Waals surface area (Å²) in [6.07, 6.45) is 2.11. The molecule has 0 radical (unpaired) electrons. The summed E-state index contributed by atoms with van der Waals surface area (Å²) in [5.74, 6) is 0.910. The van der Waals surface area contributed by atoms with Crippen molar-refractivity contribution in [2.24, 2.45) is 0 Å². The largest absolute Gasteiger partial charge is 0.488 e. The molecule has 1 aliphatic rings. The fourth-order valence-corrected chi connectivity index (χ4v) is 3.19. The summed E-state index contributed by atoms with van der Waals surface area (Å²) in [6, 6.07) is 14.7. The van der Waals surface area contributed by atoms with Crippen LogP contribution in [0.5, 0.6) is 5.75 Å². The molecule has 4 rings (SSSR count). The van der Waals surface area contributed by atoms with Gasteiger partial charge in [0, 0.05) is 18.2 Å². The van der Waals surface area contributed by atoms with Gasteiger partial charge in [0.25, 0.3) is 11.8 Å². The van der Waals surface area contributed by atoms with Gasteiger partial charge in [-0.1, -0.05) is 29.4 Å². The highest BCUT2D eigenvalue weighted by atomic mass is 16.5. The number of hydrogen-bond donors (Lipinski definition) is 2. The van der Waals surface area contributed by atoms with Crippen LogP contribution in [-0.4, -0.2) is 23.0 Å².